The van der Waals surface area contributed by atoms with Gasteiger partial charge in [-0.05, 0) is 49.7 Å². The van der Waals surface area contributed by atoms with Crippen LogP contribution in [0.25, 0.3) is 22.6 Å². The number of nitrogens with zero attached hydrogens (tertiary/aromatic N) is 3. The van der Waals surface area contributed by atoms with E-state index in [1.54, 1.807) is 18.3 Å². The Morgan fingerprint density at radius 1 is 1.11 bits per heavy atom. The highest BCUT2D eigenvalue weighted by molar-refractivity contribution is 5.76. The molecule has 0 saturated carbocycles. The molecule has 2 aromatic heterocycles. The van der Waals surface area contributed by atoms with Crippen molar-refractivity contribution in [2.24, 2.45) is 5.73 Å². The third-order valence-electron chi connectivity index (χ3n) is 4.46. The van der Waals surface area contributed by atoms with Crippen LogP contribution in [0.3, 0.4) is 0 Å². The Labute approximate surface area is 162 Å². The molecule has 28 heavy (non-hydrogen) atoms. The van der Waals surface area contributed by atoms with Crippen LogP contribution in [0.15, 0.2) is 36.5 Å². The van der Waals surface area contributed by atoms with Gasteiger partial charge in [-0.25, -0.2) is 19.3 Å². The molecule has 1 fully saturated rings. The van der Waals surface area contributed by atoms with Gasteiger partial charge in [0.15, 0.2) is 5.82 Å². The molecule has 0 radical (unpaired) electrons. The highest BCUT2D eigenvalue weighted by Gasteiger charge is 2.24. The zero-order valence-corrected chi connectivity index (χ0v) is 15.4. The number of aryl methyl sites for hydroxylation is 1. The molecule has 146 valence electrons. The van der Waals surface area contributed by atoms with Gasteiger partial charge in [-0.2, -0.15) is 0 Å². The van der Waals surface area contributed by atoms with E-state index in [9.17, 15) is 4.39 Å². The zero-order valence-electron chi connectivity index (χ0n) is 15.4. The van der Waals surface area contributed by atoms with Gasteiger partial charge in [0.05, 0.1) is 30.3 Å². The zero-order chi connectivity index (χ0) is 19.3. The molecule has 8 heteroatoms. The van der Waals surface area contributed by atoms with E-state index in [2.05, 4.69) is 15.0 Å². The molecule has 0 atom stereocenters. The molecule has 7 nitrogen and oxygen atoms in total. The molecule has 3 heterocycles. The summed E-state index contributed by atoms with van der Waals surface area (Å²) >= 11 is 0. The van der Waals surface area contributed by atoms with Crippen LogP contribution >= 0.6 is 0 Å². The number of aromatic amines is 1. The third-order valence-corrected chi connectivity index (χ3v) is 4.46. The molecule has 0 unspecified atom stereocenters. The van der Waals surface area contributed by atoms with Crippen LogP contribution in [0.5, 0.6) is 0 Å². The summed E-state index contributed by atoms with van der Waals surface area (Å²) in [7, 11) is 0. The number of imidazole rings is 1. The van der Waals surface area contributed by atoms with Crippen molar-refractivity contribution in [1.29, 1.82) is 0 Å². The van der Waals surface area contributed by atoms with Gasteiger partial charge in [-0.3, -0.25) is 0 Å². The molecule has 3 aromatic rings. The molecule has 1 aliphatic heterocycles. The van der Waals surface area contributed by atoms with E-state index in [0.29, 0.717) is 49.2 Å². The van der Waals surface area contributed by atoms with Crippen LogP contribution in [0.4, 0.5) is 4.39 Å². The van der Waals surface area contributed by atoms with Gasteiger partial charge >= 0.3 is 0 Å². The lowest BCUT2D eigenvalue weighted by molar-refractivity contribution is -0.186. The second kappa shape index (κ2) is 8.55. The molecule has 1 saturated heterocycles. The molecular formula is C20H22FN5O2. The number of aromatic nitrogens is 4. The lowest BCUT2D eigenvalue weighted by Crippen LogP contribution is -2.18. The van der Waals surface area contributed by atoms with Gasteiger partial charge in [0.1, 0.15) is 11.6 Å². The number of hydrogen-bond acceptors (Lipinski definition) is 6. The number of ether oxygens (including phenoxy) is 2. The predicted molar refractivity (Wildman–Crippen MR) is 102 cm³/mol. The first kappa shape index (κ1) is 18.7. The van der Waals surface area contributed by atoms with E-state index in [4.69, 9.17) is 20.2 Å². The second-order valence-corrected chi connectivity index (χ2v) is 6.53. The molecule has 3 N–H and O–H groups in total. The van der Waals surface area contributed by atoms with Crippen molar-refractivity contribution in [3.8, 4) is 22.6 Å². The topological polar surface area (TPSA) is 98.9 Å². The summed E-state index contributed by atoms with van der Waals surface area (Å²) in [5.41, 5.74) is 8.45. The molecule has 1 aromatic carbocycles. The lowest BCUT2D eigenvalue weighted by atomic mass is 10.1. The summed E-state index contributed by atoms with van der Waals surface area (Å²) in [5, 5.41) is 0. The van der Waals surface area contributed by atoms with Gasteiger partial charge in [0, 0.05) is 18.2 Å². The number of hydrogen-bond donors (Lipinski definition) is 2. The van der Waals surface area contributed by atoms with Gasteiger partial charge in [-0.15, -0.1) is 0 Å². The Hall–Kier alpha value is -2.68. The molecule has 0 spiro atoms. The molecule has 1 aliphatic rings. The van der Waals surface area contributed by atoms with Gasteiger partial charge in [0.2, 0.25) is 6.29 Å². The van der Waals surface area contributed by atoms with Crippen LogP contribution in [0.1, 0.15) is 30.8 Å². The normalized spacial score (nSPS) is 15.1. The van der Waals surface area contributed by atoms with E-state index < -0.39 is 6.29 Å². The summed E-state index contributed by atoms with van der Waals surface area (Å²) in [4.78, 5) is 17.0. The van der Waals surface area contributed by atoms with Crippen LogP contribution in [-0.2, 0) is 15.9 Å². The summed E-state index contributed by atoms with van der Waals surface area (Å²) in [6.45, 7) is 1.81. The molecule has 0 bridgehead atoms. The van der Waals surface area contributed by atoms with Crippen LogP contribution < -0.4 is 5.73 Å². The van der Waals surface area contributed by atoms with Gasteiger partial charge < -0.3 is 20.2 Å². The molecule has 0 aliphatic carbocycles. The van der Waals surface area contributed by atoms with Crippen molar-refractivity contribution in [2.75, 3.05) is 19.8 Å². The van der Waals surface area contributed by atoms with Crippen molar-refractivity contribution in [3.05, 3.63) is 54.0 Å². The maximum atomic E-state index is 13.4. The minimum absolute atomic E-state index is 0.300. The van der Waals surface area contributed by atoms with E-state index >= 15 is 0 Å². The maximum Gasteiger partial charge on any atom is 0.217 e. The van der Waals surface area contributed by atoms with Crippen molar-refractivity contribution in [1.82, 2.24) is 19.9 Å². The summed E-state index contributed by atoms with van der Waals surface area (Å²) in [6.07, 6.45) is 3.53. The first-order chi connectivity index (χ1) is 13.7. The Balaban J connectivity index is 1.75. The summed E-state index contributed by atoms with van der Waals surface area (Å²) < 4.78 is 24.7. The highest BCUT2D eigenvalue weighted by Crippen LogP contribution is 2.32. The molecule has 0 amide bonds. The molecule has 4 rings (SSSR count). The second-order valence-electron chi connectivity index (χ2n) is 6.53. The van der Waals surface area contributed by atoms with Crippen molar-refractivity contribution in [3.63, 3.8) is 0 Å². The van der Waals surface area contributed by atoms with Crippen molar-refractivity contribution >= 4 is 0 Å². The van der Waals surface area contributed by atoms with Crippen LogP contribution in [0, 0.1) is 5.82 Å². The fourth-order valence-corrected chi connectivity index (χ4v) is 3.07. The van der Waals surface area contributed by atoms with Crippen molar-refractivity contribution in [2.45, 2.75) is 25.6 Å². The quantitative estimate of drug-likeness (QED) is 0.679. The SMILES string of the molecule is NCCCc1nccc(-c2[nH]c(C3OCCCO3)nc2-c2ccc(F)cc2)n1. The Kier molecular flexibility index (Phi) is 5.70. The number of benzene rings is 1. The van der Waals surface area contributed by atoms with E-state index in [-0.39, 0.29) is 5.82 Å². The fraction of sp³-hybridized carbons (Fsp3) is 0.350. The van der Waals surface area contributed by atoms with E-state index in [1.807, 2.05) is 6.07 Å². The average molecular weight is 383 g/mol. The number of nitrogens with one attached hydrogen (secondary N) is 1. The number of halogens is 1. The number of nitrogens with two attached hydrogens (primary N) is 1. The highest BCUT2D eigenvalue weighted by atomic mass is 19.1. The summed E-state index contributed by atoms with van der Waals surface area (Å²) in [5.74, 6) is 0.983. The minimum Gasteiger partial charge on any atom is -0.346 e. The van der Waals surface area contributed by atoms with Gasteiger partial charge in [-0.1, -0.05) is 0 Å². The number of H-pyrrole nitrogens is 1. The molecular weight excluding hydrogens is 361 g/mol. The predicted octanol–water partition coefficient (Wildman–Crippen LogP) is 3.00. The van der Waals surface area contributed by atoms with E-state index in [0.717, 1.165) is 24.1 Å². The van der Waals surface area contributed by atoms with E-state index in [1.165, 1.54) is 12.1 Å². The fourth-order valence-electron chi connectivity index (χ4n) is 3.07. The first-order valence-corrected chi connectivity index (χ1v) is 9.36. The van der Waals surface area contributed by atoms with Crippen molar-refractivity contribution < 1.29 is 13.9 Å². The Bertz CT molecular complexity index is 923. The van der Waals surface area contributed by atoms with Gasteiger partial charge in [0.25, 0.3) is 0 Å². The standard InChI is InChI=1S/C20H22FN5O2/c21-14-6-4-13(5-7-14)17-18(15-8-10-23-16(24-15)3-1-9-22)26-19(25-17)20-27-11-2-12-28-20/h4-8,10,20H,1-3,9,11-12,22H2,(H,25,26). The third kappa shape index (κ3) is 4.09. The maximum absolute atomic E-state index is 13.4. The number of rotatable bonds is 6. The lowest BCUT2D eigenvalue weighted by Gasteiger charge is -2.21. The minimum atomic E-state index is -0.555. The Morgan fingerprint density at radius 2 is 1.89 bits per heavy atom. The van der Waals surface area contributed by atoms with Crippen LogP contribution in [-0.4, -0.2) is 39.7 Å². The first-order valence-electron chi connectivity index (χ1n) is 9.36. The monoisotopic (exact) mass is 383 g/mol. The average Bonchev–Trinajstić information content (AvgIpc) is 3.19. The Morgan fingerprint density at radius 3 is 2.64 bits per heavy atom. The smallest absolute Gasteiger partial charge is 0.217 e. The van der Waals surface area contributed by atoms with Crippen LogP contribution in [0.2, 0.25) is 0 Å². The summed E-state index contributed by atoms with van der Waals surface area (Å²) in [6, 6.07) is 8.02. The largest absolute Gasteiger partial charge is 0.346 e.